The van der Waals surface area contributed by atoms with Crippen molar-refractivity contribution < 1.29 is 4.92 Å². The Kier molecular flexibility index (Phi) is 4.79. The Labute approximate surface area is 140 Å². The van der Waals surface area contributed by atoms with Gasteiger partial charge in [-0.2, -0.15) is 0 Å². The van der Waals surface area contributed by atoms with Gasteiger partial charge in [-0.3, -0.25) is 10.1 Å². The quantitative estimate of drug-likeness (QED) is 0.539. The van der Waals surface area contributed by atoms with Crippen molar-refractivity contribution >= 4 is 33.9 Å². The number of benzene rings is 1. The highest BCUT2D eigenvalue weighted by molar-refractivity contribution is 8.01. The molecule has 0 fully saturated rings. The highest BCUT2D eigenvalue weighted by Crippen LogP contribution is 2.31. The topological polar surface area (TPSA) is 93.8 Å². The largest absolute Gasteiger partial charge is 0.356 e. The SMILES string of the molecule is O=[N+]([O-])c1ccc(Sc2nnc(NCc3ccccc3)s2)nc1. The van der Waals surface area contributed by atoms with Gasteiger partial charge in [0.1, 0.15) is 11.2 Å². The summed E-state index contributed by atoms with van der Waals surface area (Å²) in [7, 11) is 0. The summed E-state index contributed by atoms with van der Waals surface area (Å²) in [5.41, 5.74) is 1.13. The Morgan fingerprint density at radius 2 is 2.00 bits per heavy atom. The van der Waals surface area contributed by atoms with E-state index in [4.69, 9.17) is 0 Å². The number of hydrogen-bond acceptors (Lipinski definition) is 8. The number of aromatic nitrogens is 3. The minimum absolute atomic E-state index is 0.0307. The predicted molar refractivity (Wildman–Crippen MR) is 88.7 cm³/mol. The number of hydrogen-bond donors (Lipinski definition) is 1. The third kappa shape index (κ3) is 4.24. The van der Waals surface area contributed by atoms with Gasteiger partial charge in [-0.05, 0) is 23.4 Å². The molecule has 1 N–H and O–H groups in total. The van der Waals surface area contributed by atoms with Crippen molar-refractivity contribution in [1.29, 1.82) is 0 Å². The molecular weight excluding hydrogens is 334 g/mol. The summed E-state index contributed by atoms with van der Waals surface area (Å²) in [6.45, 7) is 0.677. The maximum absolute atomic E-state index is 10.6. The van der Waals surface area contributed by atoms with Crippen LogP contribution >= 0.6 is 23.1 Å². The number of rotatable bonds is 6. The van der Waals surface area contributed by atoms with E-state index >= 15 is 0 Å². The molecule has 0 atom stereocenters. The molecule has 0 aliphatic heterocycles. The molecule has 1 aromatic carbocycles. The van der Waals surface area contributed by atoms with Gasteiger partial charge in [0, 0.05) is 12.6 Å². The third-order valence-electron chi connectivity index (χ3n) is 2.82. The van der Waals surface area contributed by atoms with Gasteiger partial charge < -0.3 is 5.32 Å². The second kappa shape index (κ2) is 7.16. The average molecular weight is 345 g/mol. The van der Waals surface area contributed by atoms with E-state index in [2.05, 4.69) is 20.5 Å². The molecule has 7 nitrogen and oxygen atoms in total. The summed E-state index contributed by atoms with van der Waals surface area (Å²) in [6, 6.07) is 13.0. The fourth-order valence-corrected chi connectivity index (χ4v) is 3.36. The van der Waals surface area contributed by atoms with Gasteiger partial charge in [0.25, 0.3) is 5.69 Å². The van der Waals surface area contributed by atoms with E-state index in [9.17, 15) is 10.1 Å². The van der Waals surface area contributed by atoms with Gasteiger partial charge in [0.2, 0.25) is 5.13 Å². The first kappa shape index (κ1) is 15.4. The van der Waals surface area contributed by atoms with Crippen LogP contribution in [0.5, 0.6) is 0 Å². The second-order valence-corrected chi connectivity index (χ2v) is 6.67. The minimum Gasteiger partial charge on any atom is -0.356 e. The van der Waals surface area contributed by atoms with Gasteiger partial charge in [0.15, 0.2) is 4.34 Å². The Morgan fingerprint density at radius 3 is 2.70 bits per heavy atom. The molecule has 0 radical (unpaired) electrons. The summed E-state index contributed by atoms with van der Waals surface area (Å²) in [4.78, 5) is 14.2. The van der Waals surface area contributed by atoms with Crippen molar-refractivity contribution in [2.75, 3.05) is 5.32 Å². The zero-order valence-corrected chi connectivity index (χ0v) is 13.4. The van der Waals surface area contributed by atoms with Crippen LogP contribution in [0.1, 0.15) is 5.56 Å². The monoisotopic (exact) mass is 345 g/mol. The highest BCUT2D eigenvalue weighted by Gasteiger charge is 2.09. The van der Waals surface area contributed by atoms with Crippen LogP contribution in [0.15, 0.2) is 58.0 Å². The van der Waals surface area contributed by atoms with Gasteiger partial charge in [-0.25, -0.2) is 4.98 Å². The van der Waals surface area contributed by atoms with E-state index in [1.54, 1.807) is 6.07 Å². The summed E-state index contributed by atoms with van der Waals surface area (Å²) in [6.07, 6.45) is 1.23. The number of nitrogens with one attached hydrogen (secondary N) is 1. The Morgan fingerprint density at radius 1 is 1.17 bits per heavy atom. The van der Waals surface area contributed by atoms with Crippen molar-refractivity contribution in [1.82, 2.24) is 15.2 Å². The van der Waals surface area contributed by atoms with Crippen molar-refractivity contribution in [3.05, 3.63) is 64.3 Å². The lowest BCUT2D eigenvalue weighted by Gasteiger charge is -2.00. The van der Waals surface area contributed by atoms with Gasteiger partial charge in [-0.15, -0.1) is 10.2 Å². The molecule has 0 aliphatic rings. The molecule has 2 aromatic heterocycles. The summed E-state index contributed by atoms with van der Waals surface area (Å²) >= 11 is 2.73. The number of anilines is 1. The minimum atomic E-state index is -0.474. The maximum atomic E-state index is 10.6. The van der Waals surface area contributed by atoms with Crippen molar-refractivity contribution in [3.8, 4) is 0 Å². The van der Waals surface area contributed by atoms with Crippen LogP contribution in [0, 0.1) is 10.1 Å². The smallest absolute Gasteiger partial charge is 0.287 e. The molecular formula is C14H11N5O2S2. The van der Waals surface area contributed by atoms with Crippen LogP contribution in [-0.4, -0.2) is 20.1 Å². The lowest BCUT2D eigenvalue weighted by molar-refractivity contribution is -0.385. The fourth-order valence-electron chi connectivity index (χ4n) is 1.73. The van der Waals surface area contributed by atoms with E-state index in [1.165, 1.54) is 35.4 Å². The first-order valence-corrected chi connectivity index (χ1v) is 8.23. The summed E-state index contributed by atoms with van der Waals surface area (Å²) in [5.74, 6) is 0. The van der Waals surface area contributed by atoms with E-state index < -0.39 is 4.92 Å². The molecule has 0 spiro atoms. The van der Waals surface area contributed by atoms with Crippen molar-refractivity contribution in [2.45, 2.75) is 15.9 Å². The van der Waals surface area contributed by atoms with Crippen LogP contribution in [0.4, 0.5) is 10.8 Å². The lowest BCUT2D eigenvalue weighted by atomic mass is 10.2. The first-order chi connectivity index (χ1) is 11.2. The van der Waals surface area contributed by atoms with E-state index in [-0.39, 0.29) is 5.69 Å². The van der Waals surface area contributed by atoms with Crippen LogP contribution in [0.2, 0.25) is 0 Å². The Balaban J connectivity index is 1.59. The fraction of sp³-hybridized carbons (Fsp3) is 0.0714. The molecule has 116 valence electrons. The standard InChI is InChI=1S/C14H11N5O2S2/c20-19(21)11-6-7-12(15-9-11)22-14-18-17-13(23-14)16-8-10-4-2-1-3-5-10/h1-7,9H,8H2,(H,16,17). The van der Waals surface area contributed by atoms with Gasteiger partial charge in [0.05, 0.1) is 4.92 Å². The maximum Gasteiger partial charge on any atom is 0.287 e. The molecule has 3 rings (SSSR count). The zero-order chi connectivity index (χ0) is 16.1. The molecule has 9 heteroatoms. The molecule has 23 heavy (non-hydrogen) atoms. The molecule has 0 aliphatic carbocycles. The van der Waals surface area contributed by atoms with Crippen molar-refractivity contribution in [3.63, 3.8) is 0 Å². The van der Waals surface area contributed by atoms with Crippen LogP contribution in [0.3, 0.4) is 0 Å². The first-order valence-electron chi connectivity index (χ1n) is 6.60. The summed E-state index contributed by atoms with van der Waals surface area (Å²) < 4.78 is 0.724. The summed E-state index contributed by atoms with van der Waals surface area (Å²) in [5, 5.41) is 23.3. The number of nitro groups is 1. The van der Waals surface area contributed by atoms with Crippen LogP contribution < -0.4 is 5.32 Å². The molecule has 0 bridgehead atoms. The van der Waals surface area contributed by atoms with E-state index in [0.717, 1.165) is 15.0 Å². The predicted octanol–water partition coefficient (Wildman–Crippen LogP) is 3.60. The number of pyridine rings is 1. The highest BCUT2D eigenvalue weighted by atomic mass is 32.2. The Bertz CT molecular complexity index is 792. The molecule has 2 heterocycles. The van der Waals surface area contributed by atoms with Crippen LogP contribution in [0.25, 0.3) is 0 Å². The Hall–Kier alpha value is -2.52. The average Bonchev–Trinajstić information content (AvgIpc) is 3.02. The molecule has 3 aromatic rings. The van der Waals surface area contributed by atoms with E-state index in [0.29, 0.717) is 11.6 Å². The number of nitrogens with zero attached hydrogens (tertiary/aromatic N) is 4. The molecule has 0 unspecified atom stereocenters. The molecule has 0 saturated carbocycles. The molecule has 0 amide bonds. The third-order valence-corrected chi connectivity index (χ3v) is 4.70. The zero-order valence-electron chi connectivity index (χ0n) is 11.7. The van der Waals surface area contributed by atoms with E-state index in [1.807, 2.05) is 30.3 Å². The molecule has 0 saturated heterocycles. The van der Waals surface area contributed by atoms with Crippen LogP contribution in [-0.2, 0) is 6.54 Å². The normalized spacial score (nSPS) is 10.4. The lowest BCUT2D eigenvalue weighted by Crippen LogP contribution is -1.98. The van der Waals surface area contributed by atoms with Crippen molar-refractivity contribution in [2.24, 2.45) is 0 Å². The second-order valence-electron chi connectivity index (χ2n) is 4.43. The van der Waals surface area contributed by atoms with Gasteiger partial charge >= 0.3 is 0 Å². The van der Waals surface area contributed by atoms with Gasteiger partial charge in [-0.1, -0.05) is 41.7 Å².